The first kappa shape index (κ1) is 15.1. The van der Waals surface area contributed by atoms with Crippen LogP contribution in [0.5, 0.6) is 6.01 Å². The molecular weight excluding hydrogens is 280 g/mol. The molecule has 8 heteroatoms. The molecule has 0 N–H and O–H groups in total. The Morgan fingerprint density at radius 2 is 1.80 bits per heavy atom. The Hall–Kier alpha value is -1.25. The maximum Gasteiger partial charge on any atom is 0.316 e. The van der Waals surface area contributed by atoms with Gasteiger partial charge in [0.25, 0.3) is 10.2 Å². The molecule has 0 atom stereocenters. The molecule has 0 aromatic carbocycles. The molecule has 112 valence electrons. The summed E-state index contributed by atoms with van der Waals surface area (Å²) in [6, 6.07) is 0.351. The van der Waals surface area contributed by atoms with Crippen LogP contribution in [0.4, 0.5) is 0 Å². The Morgan fingerprint density at radius 3 is 2.30 bits per heavy atom. The van der Waals surface area contributed by atoms with E-state index < -0.39 is 10.2 Å². The minimum absolute atomic E-state index is 0.0358. The van der Waals surface area contributed by atoms with E-state index in [1.807, 2.05) is 6.92 Å². The fourth-order valence-corrected chi connectivity index (χ4v) is 3.14. The Bertz CT molecular complexity index is 536. The van der Waals surface area contributed by atoms with Crippen molar-refractivity contribution in [3.63, 3.8) is 0 Å². The van der Waals surface area contributed by atoms with Crippen molar-refractivity contribution in [3.8, 4) is 6.01 Å². The Kier molecular flexibility index (Phi) is 4.56. The molecule has 1 aromatic heterocycles. The third-order valence-electron chi connectivity index (χ3n) is 3.22. The average Bonchev–Trinajstić information content (AvgIpc) is 2.42. The van der Waals surface area contributed by atoms with Crippen LogP contribution >= 0.6 is 0 Å². The summed E-state index contributed by atoms with van der Waals surface area (Å²) in [5.74, 6) is 0. The highest BCUT2D eigenvalue weighted by Crippen LogP contribution is 2.18. The molecule has 0 unspecified atom stereocenters. The van der Waals surface area contributed by atoms with Gasteiger partial charge in [0.1, 0.15) is 6.10 Å². The summed E-state index contributed by atoms with van der Waals surface area (Å²) in [6.07, 6.45) is 4.66. The fourth-order valence-electron chi connectivity index (χ4n) is 2.00. The molecule has 0 bridgehead atoms. The van der Waals surface area contributed by atoms with Crippen LogP contribution in [0.15, 0.2) is 12.4 Å². The van der Waals surface area contributed by atoms with Crippen LogP contribution in [-0.4, -0.2) is 60.3 Å². The summed E-state index contributed by atoms with van der Waals surface area (Å²) in [5.41, 5.74) is 0.976. The van der Waals surface area contributed by atoms with E-state index in [1.54, 1.807) is 12.4 Å². The van der Waals surface area contributed by atoms with Crippen LogP contribution in [-0.2, 0) is 10.2 Å². The highest BCUT2D eigenvalue weighted by molar-refractivity contribution is 7.86. The number of aromatic nitrogens is 2. The number of hydrogen-bond acceptors (Lipinski definition) is 5. The van der Waals surface area contributed by atoms with Crippen LogP contribution in [0.3, 0.4) is 0 Å². The molecule has 2 rings (SSSR count). The maximum atomic E-state index is 12.0. The van der Waals surface area contributed by atoms with Gasteiger partial charge in [0.2, 0.25) is 0 Å². The van der Waals surface area contributed by atoms with Gasteiger partial charge < -0.3 is 4.74 Å². The largest absolute Gasteiger partial charge is 0.460 e. The van der Waals surface area contributed by atoms with Crippen LogP contribution in [0.1, 0.15) is 18.4 Å². The predicted octanol–water partition coefficient (Wildman–Crippen LogP) is 0.435. The Morgan fingerprint density at radius 1 is 1.25 bits per heavy atom. The van der Waals surface area contributed by atoms with Crippen molar-refractivity contribution in [2.24, 2.45) is 0 Å². The first-order valence-corrected chi connectivity index (χ1v) is 7.92. The van der Waals surface area contributed by atoms with Crippen molar-refractivity contribution < 1.29 is 13.2 Å². The van der Waals surface area contributed by atoms with Crippen molar-refractivity contribution >= 4 is 10.2 Å². The molecule has 7 nitrogen and oxygen atoms in total. The van der Waals surface area contributed by atoms with Gasteiger partial charge >= 0.3 is 6.01 Å². The summed E-state index contributed by atoms with van der Waals surface area (Å²) in [6.45, 7) is 2.82. The average molecular weight is 300 g/mol. The molecule has 20 heavy (non-hydrogen) atoms. The van der Waals surface area contributed by atoms with Gasteiger partial charge in [0.05, 0.1) is 0 Å². The molecule has 0 radical (unpaired) electrons. The van der Waals surface area contributed by atoms with Gasteiger partial charge in [-0.3, -0.25) is 0 Å². The smallest absolute Gasteiger partial charge is 0.316 e. The third kappa shape index (κ3) is 3.44. The lowest BCUT2D eigenvalue weighted by atomic mass is 10.1. The topological polar surface area (TPSA) is 75.6 Å². The number of piperidine rings is 1. The zero-order valence-electron chi connectivity index (χ0n) is 12.0. The van der Waals surface area contributed by atoms with Gasteiger partial charge in [-0.15, -0.1) is 0 Å². The van der Waals surface area contributed by atoms with E-state index >= 15 is 0 Å². The van der Waals surface area contributed by atoms with Gasteiger partial charge in [-0.2, -0.15) is 17.0 Å². The second kappa shape index (κ2) is 6.02. The van der Waals surface area contributed by atoms with Gasteiger partial charge in [0.15, 0.2) is 0 Å². The molecule has 0 spiro atoms. The van der Waals surface area contributed by atoms with Gasteiger partial charge in [0, 0.05) is 39.6 Å². The molecule has 1 aromatic rings. The van der Waals surface area contributed by atoms with E-state index in [9.17, 15) is 8.42 Å². The van der Waals surface area contributed by atoms with E-state index in [1.165, 1.54) is 22.7 Å². The van der Waals surface area contributed by atoms with Gasteiger partial charge in [-0.05, 0) is 25.3 Å². The van der Waals surface area contributed by atoms with Crippen LogP contribution < -0.4 is 4.74 Å². The molecule has 1 saturated heterocycles. The van der Waals surface area contributed by atoms with E-state index in [0.717, 1.165) is 5.56 Å². The highest BCUT2D eigenvalue weighted by atomic mass is 32.2. The summed E-state index contributed by atoms with van der Waals surface area (Å²) in [5, 5.41) is 0. The first-order chi connectivity index (χ1) is 9.39. The molecule has 0 aliphatic carbocycles. The Labute approximate surface area is 119 Å². The monoisotopic (exact) mass is 300 g/mol. The van der Waals surface area contributed by atoms with Crippen LogP contribution in [0.2, 0.25) is 0 Å². The quantitative estimate of drug-likeness (QED) is 0.806. The first-order valence-electron chi connectivity index (χ1n) is 6.52. The van der Waals surface area contributed by atoms with E-state index in [0.29, 0.717) is 31.9 Å². The minimum atomic E-state index is -3.32. The van der Waals surface area contributed by atoms with E-state index in [-0.39, 0.29) is 6.10 Å². The molecule has 2 heterocycles. The maximum absolute atomic E-state index is 12.0. The lowest BCUT2D eigenvalue weighted by Crippen LogP contribution is -2.46. The molecule has 1 aliphatic rings. The molecular formula is C12H20N4O3S. The summed E-state index contributed by atoms with van der Waals surface area (Å²) >= 11 is 0. The van der Waals surface area contributed by atoms with Crippen LogP contribution in [0, 0.1) is 6.92 Å². The number of nitrogens with zero attached hydrogens (tertiary/aromatic N) is 4. The SMILES string of the molecule is Cc1cnc(OC2CCN(S(=O)(=O)N(C)C)CC2)nc1. The third-order valence-corrected chi connectivity index (χ3v) is 5.16. The van der Waals surface area contributed by atoms with E-state index in [2.05, 4.69) is 9.97 Å². The number of hydrogen-bond donors (Lipinski definition) is 0. The van der Waals surface area contributed by atoms with Crippen LogP contribution in [0.25, 0.3) is 0 Å². The van der Waals surface area contributed by atoms with Crippen molar-refractivity contribution in [1.29, 1.82) is 0 Å². The second-order valence-electron chi connectivity index (χ2n) is 5.05. The van der Waals surface area contributed by atoms with Gasteiger partial charge in [-0.25, -0.2) is 9.97 Å². The van der Waals surface area contributed by atoms with Gasteiger partial charge in [-0.1, -0.05) is 0 Å². The number of rotatable bonds is 4. The zero-order valence-corrected chi connectivity index (χ0v) is 12.8. The standard InChI is InChI=1S/C12H20N4O3S/c1-10-8-13-12(14-9-10)19-11-4-6-16(7-5-11)20(17,18)15(2)3/h8-9,11H,4-7H2,1-3H3. The predicted molar refractivity (Wildman–Crippen MR) is 74.6 cm³/mol. The molecule has 0 saturated carbocycles. The summed E-state index contributed by atoms with van der Waals surface area (Å²) < 4.78 is 32.3. The summed E-state index contributed by atoms with van der Waals surface area (Å²) in [4.78, 5) is 8.19. The highest BCUT2D eigenvalue weighted by Gasteiger charge is 2.30. The van der Waals surface area contributed by atoms with Crippen molar-refractivity contribution in [2.45, 2.75) is 25.9 Å². The Balaban J connectivity index is 1.90. The minimum Gasteiger partial charge on any atom is -0.460 e. The molecule has 1 aliphatic heterocycles. The van der Waals surface area contributed by atoms with Crippen molar-refractivity contribution in [3.05, 3.63) is 18.0 Å². The van der Waals surface area contributed by atoms with E-state index in [4.69, 9.17) is 4.74 Å². The van der Waals surface area contributed by atoms with Crippen molar-refractivity contribution in [1.82, 2.24) is 18.6 Å². The fraction of sp³-hybridized carbons (Fsp3) is 0.667. The molecule has 0 amide bonds. The number of aryl methyl sites for hydroxylation is 1. The van der Waals surface area contributed by atoms with Crippen molar-refractivity contribution in [2.75, 3.05) is 27.2 Å². The summed E-state index contributed by atoms with van der Waals surface area (Å²) in [7, 11) is -0.242. The zero-order chi connectivity index (χ0) is 14.8. The normalized spacial score (nSPS) is 18.4. The lowest BCUT2D eigenvalue weighted by Gasteiger charge is -2.32. The molecule has 1 fully saturated rings. The lowest BCUT2D eigenvalue weighted by molar-refractivity contribution is 0.122. The second-order valence-corrected chi connectivity index (χ2v) is 7.19. The number of ether oxygens (including phenoxy) is 1.